The number of hydrogen-bond donors (Lipinski definition) is 2. The average molecular weight is 778 g/mol. The fourth-order valence-electron chi connectivity index (χ4n) is 6.34. The van der Waals surface area contributed by atoms with Crippen LogP contribution in [-0.4, -0.2) is 60.8 Å². The zero-order chi connectivity index (χ0) is 39.1. The first-order valence-corrected chi connectivity index (χ1v) is 23.4. The van der Waals surface area contributed by atoms with Crippen molar-refractivity contribution in [1.29, 1.82) is 0 Å². The molecular weight excluding hydrogens is 695 g/mol. The summed E-state index contributed by atoms with van der Waals surface area (Å²) in [6.45, 7) is 2.24. The van der Waals surface area contributed by atoms with Crippen LogP contribution in [0.25, 0.3) is 0 Å². The van der Waals surface area contributed by atoms with Gasteiger partial charge in [0.2, 0.25) is 0 Å². The lowest BCUT2D eigenvalue weighted by atomic mass is 10.0. The van der Waals surface area contributed by atoms with Gasteiger partial charge in [-0.25, -0.2) is 0 Å². The number of ether oxygens (including phenoxy) is 2. The number of esters is 2. The SMILES string of the molecule is CCCCCCCCCCCCCCCCCC(=O)OC[C@H](COP(=O)([O-])OC[C@@H](O)CO)OC(=O)CCCCCCCCCCCCCCCCC. The summed E-state index contributed by atoms with van der Waals surface area (Å²) in [5, 5.41) is 18.3. The second kappa shape index (κ2) is 39.2. The Balaban J connectivity index is 4.24. The molecule has 316 valence electrons. The van der Waals surface area contributed by atoms with Gasteiger partial charge in [-0.05, 0) is 12.8 Å². The number of hydrogen-bond acceptors (Lipinski definition) is 10. The molecular formula is C42H82O10P-. The van der Waals surface area contributed by atoms with Crippen molar-refractivity contribution in [2.24, 2.45) is 0 Å². The molecule has 0 bridgehead atoms. The Hall–Kier alpha value is -1.03. The Morgan fingerprint density at radius 1 is 0.509 bits per heavy atom. The third-order valence-corrected chi connectivity index (χ3v) is 10.7. The van der Waals surface area contributed by atoms with E-state index in [2.05, 4.69) is 18.4 Å². The van der Waals surface area contributed by atoms with Gasteiger partial charge in [-0.1, -0.05) is 194 Å². The van der Waals surface area contributed by atoms with E-state index in [0.717, 1.165) is 38.5 Å². The van der Waals surface area contributed by atoms with Crippen LogP contribution in [0.4, 0.5) is 0 Å². The molecule has 0 aromatic heterocycles. The lowest BCUT2D eigenvalue weighted by Gasteiger charge is -2.26. The molecule has 0 amide bonds. The van der Waals surface area contributed by atoms with Gasteiger partial charge in [-0.15, -0.1) is 0 Å². The minimum Gasteiger partial charge on any atom is -0.756 e. The Labute approximate surface area is 324 Å². The van der Waals surface area contributed by atoms with E-state index in [1.165, 1.54) is 141 Å². The van der Waals surface area contributed by atoms with Gasteiger partial charge in [0.1, 0.15) is 12.7 Å². The first kappa shape index (κ1) is 52.0. The molecule has 2 N–H and O–H groups in total. The highest BCUT2D eigenvalue weighted by molar-refractivity contribution is 7.45. The number of rotatable bonds is 42. The summed E-state index contributed by atoms with van der Waals surface area (Å²) in [7, 11) is -4.86. The van der Waals surface area contributed by atoms with Crippen LogP contribution in [0.1, 0.15) is 219 Å². The zero-order valence-electron chi connectivity index (χ0n) is 34.2. The first-order valence-electron chi connectivity index (χ1n) is 22.0. The van der Waals surface area contributed by atoms with E-state index in [4.69, 9.17) is 19.1 Å². The monoisotopic (exact) mass is 778 g/mol. The molecule has 0 saturated heterocycles. The van der Waals surface area contributed by atoms with Crippen LogP contribution >= 0.6 is 7.82 Å². The average Bonchev–Trinajstić information content (AvgIpc) is 3.14. The largest absolute Gasteiger partial charge is 0.756 e. The maximum atomic E-state index is 12.6. The lowest BCUT2D eigenvalue weighted by molar-refractivity contribution is -0.230. The smallest absolute Gasteiger partial charge is 0.306 e. The highest BCUT2D eigenvalue weighted by Gasteiger charge is 2.21. The van der Waals surface area contributed by atoms with Crippen LogP contribution < -0.4 is 4.89 Å². The predicted octanol–water partition coefficient (Wildman–Crippen LogP) is 10.8. The molecule has 0 aliphatic carbocycles. The number of unbranched alkanes of at least 4 members (excludes halogenated alkanes) is 28. The second-order valence-corrected chi connectivity index (χ2v) is 16.5. The Morgan fingerprint density at radius 2 is 0.830 bits per heavy atom. The third-order valence-electron chi connectivity index (χ3n) is 9.75. The minimum absolute atomic E-state index is 0.177. The number of phosphoric ester groups is 1. The molecule has 1 unspecified atom stereocenters. The fraction of sp³-hybridized carbons (Fsp3) is 0.952. The zero-order valence-corrected chi connectivity index (χ0v) is 35.1. The number of carbonyl (C=O) groups is 2. The Kier molecular flexibility index (Phi) is 38.5. The molecule has 11 heteroatoms. The van der Waals surface area contributed by atoms with Crippen molar-refractivity contribution in [2.75, 3.05) is 26.4 Å². The maximum absolute atomic E-state index is 12.6. The van der Waals surface area contributed by atoms with Gasteiger partial charge in [0.25, 0.3) is 7.82 Å². The number of aliphatic hydroxyl groups is 2. The van der Waals surface area contributed by atoms with Crippen molar-refractivity contribution in [3.05, 3.63) is 0 Å². The van der Waals surface area contributed by atoms with Gasteiger partial charge in [0, 0.05) is 12.8 Å². The number of carbonyl (C=O) groups excluding carboxylic acids is 2. The summed E-state index contributed by atoms with van der Waals surface area (Å²) in [6.07, 6.45) is 34.7. The van der Waals surface area contributed by atoms with E-state index in [9.17, 15) is 24.2 Å². The highest BCUT2D eigenvalue weighted by atomic mass is 31.2. The van der Waals surface area contributed by atoms with E-state index >= 15 is 0 Å². The minimum atomic E-state index is -4.86. The predicted molar refractivity (Wildman–Crippen MR) is 213 cm³/mol. The topological polar surface area (TPSA) is 152 Å². The molecule has 0 aromatic rings. The van der Waals surface area contributed by atoms with Crippen molar-refractivity contribution < 1.29 is 47.8 Å². The van der Waals surface area contributed by atoms with E-state index in [1.54, 1.807) is 0 Å². The Morgan fingerprint density at radius 3 is 1.19 bits per heavy atom. The van der Waals surface area contributed by atoms with E-state index in [0.29, 0.717) is 12.8 Å². The van der Waals surface area contributed by atoms with Crippen molar-refractivity contribution in [3.63, 3.8) is 0 Å². The van der Waals surface area contributed by atoms with Crippen LogP contribution in [0.2, 0.25) is 0 Å². The van der Waals surface area contributed by atoms with Gasteiger partial charge in [0.15, 0.2) is 6.10 Å². The van der Waals surface area contributed by atoms with Crippen molar-refractivity contribution >= 4 is 19.8 Å². The van der Waals surface area contributed by atoms with Crippen molar-refractivity contribution in [2.45, 2.75) is 232 Å². The molecule has 3 atom stereocenters. The van der Waals surface area contributed by atoms with Crippen LogP contribution in [0, 0.1) is 0 Å². The van der Waals surface area contributed by atoms with Crippen molar-refractivity contribution in [3.8, 4) is 0 Å². The summed E-state index contributed by atoms with van der Waals surface area (Å²) in [6, 6.07) is 0. The fourth-order valence-corrected chi connectivity index (χ4v) is 7.12. The van der Waals surface area contributed by atoms with Gasteiger partial charge in [-0.3, -0.25) is 14.2 Å². The molecule has 0 aliphatic rings. The van der Waals surface area contributed by atoms with Gasteiger partial charge >= 0.3 is 11.9 Å². The molecule has 0 rings (SSSR count). The molecule has 0 fully saturated rings. The molecule has 0 aliphatic heterocycles. The molecule has 0 spiro atoms. The van der Waals surface area contributed by atoms with Gasteiger partial charge < -0.3 is 33.6 Å². The molecule has 0 aromatic carbocycles. The number of phosphoric acid groups is 1. The lowest BCUT2D eigenvalue weighted by Crippen LogP contribution is -2.30. The molecule has 0 radical (unpaired) electrons. The van der Waals surface area contributed by atoms with E-state index in [-0.39, 0.29) is 19.4 Å². The normalized spacial score (nSPS) is 13.8. The van der Waals surface area contributed by atoms with E-state index < -0.39 is 51.8 Å². The van der Waals surface area contributed by atoms with Gasteiger partial charge in [-0.2, -0.15) is 0 Å². The maximum Gasteiger partial charge on any atom is 0.306 e. The summed E-state index contributed by atoms with van der Waals surface area (Å²) >= 11 is 0. The Bertz CT molecular complexity index is 858. The van der Waals surface area contributed by atoms with Crippen LogP contribution in [0.5, 0.6) is 0 Å². The molecule has 10 nitrogen and oxygen atoms in total. The number of aliphatic hydroxyl groups excluding tert-OH is 2. The quantitative estimate of drug-likeness (QED) is 0.0348. The standard InChI is InChI=1S/C42H83O10P/c1-3-5-7-9-11-13-15-17-19-21-23-25-27-29-31-33-41(45)49-37-40(38-51-53(47,48)50-36-39(44)35-43)52-42(46)34-32-30-28-26-24-22-20-18-16-14-12-10-8-6-4-2/h39-40,43-44H,3-38H2,1-2H3,(H,47,48)/p-1/t39-,40+/m0/s1. The molecule has 0 heterocycles. The summed E-state index contributed by atoms with van der Waals surface area (Å²) in [4.78, 5) is 37.1. The van der Waals surface area contributed by atoms with Crippen LogP contribution in [0.3, 0.4) is 0 Å². The first-order chi connectivity index (χ1) is 25.7. The molecule has 0 saturated carbocycles. The van der Waals surface area contributed by atoms with Crippen molar-refractivity contribution in [1.82, 2.24) is 0 Å². The summed E-state index contributed by atoms with van der Waals surface area (Å²) < 4.78 is 32.3. The van der Waals surface area contributed by atoms with Crippen LogP contribution in [-0.2, 0) is 32.7 Å². The highest BCUT2D eigenvalue weighted by Crippen LogP contribution is 2.38. The van der Waals surface area contributed by atoms with Gasteiger partial charge in [0.05, 0.1) is 19.8 Å². The summed E-state index contributed by atoms with van der Waals surface area (Å²) in [5.74, 6) is -0.945. The summed E-state index contributed by atoms with van der Waals surface area (Å²) in [5.41, 5.74) is 0. The van der Waals surface area contributed by atoms with Crippen LogP contribution in [0.15, 0.2) is 0 Å². The van der Waals surface area contributed by atoms with E-state index in [1.807, 2.05) is 0 Å². The third kappa shape index (κ3) is 39.0. The molecule has 53 heavy (non-hydrogen) atoms. The second-order valence-electron chi connectivity index (χ2n) is 15.1.